The molecule has 2 aliphatic rings. The van der Waals surface area contributed by atoms with Crippen molar-refractivity contribution in [2.45, 2.75) is 37.8 Å². The Morgan fingerprint density at radius 2 is 2.00 bits per heavy atom. The number of hydrogen-bond acceptors (Lipinski definition) is 3. The zero-order valence-electron chi connectivity index (χ0n) is 11.9. The van der Waals surface area contributed by atoms with E-state index in [9.17, 15) is 4.79 Å². The molecule has 20 heavy (non-hydrogen) atoms. The van der Waals surface area contributed by atoms with E-state index in [0.717, 1.165) is 25.1 Å². The predicted molar refractivity (Wildman–Crippen MR) is 75.7 cm³/mol. The second-order valence-corrected chi connectivity index (χ2v) is 5.49. The fourth-order valence-electron chi connectivity index (χ4n) is 2.92. The van der Waals surface area contributed by atoms with E-state index in [1.54, 1.807) is 7.11 Å². The number of likely N-dealkylation sites (tertiary alicyclic amines) is 1. The minimum absolute atomic E-state index is 0.160. The number of amides is 1. The summed E-state index contributed by atoms with van der Waals surface area (Å²) in [6.45, 7) is 1.43. The van der Waals surface area contributed by atoms with Gasteiger partial charge in [0, 0.05) is 6.54 Å². The van der Waals surface area contributed by atoms with Gasteiger partial charge in [-0.1, -0.05) is 25.0 Å². The molecule has 0 spiro atoms. The average Bonchev–Trinajstić information content (AvgIpc) is 3.33. The van der Waals surface area contributed by atoms with Gasteiger partial charge in [-0.25, -0.2) is 0 Å². The maximum atomic E-state index is 12.4. The molecule has 2 unspecified atom stereocenters. The van der Waals surface area contributed by atoms with Crippen molar-refractivity contribution in [1.29, 1.82) is 0 Å². The van der Waals surface area contributed by atoms with Crippen LogP contribution in [-0.2, 0) is 9.53 Å². The Morgan fingerprint density at radius 1 is 1.25 bits per heavy atom. The number of carbonyl (C=O) groups excluding carboxylic acids is 1. The van der Waals surface area contributed by atoms with Gasteiger partial charge in [-0.2, -0.15) is 0 Å². The smallest absolute Gasteiger partial charge is 0.254 e. The Labute approximate surface area is 119 Å². The van der Waals surface area contributed by atoms with Crippen LogP contribution in [0.1, 0.15) is 37.3 Å². The molecule has 2 saturated heterocycles. The lowest BCUT2D eigenvalue weighted by Crippen LogP contribution is -2.37. The number of hydrogen-bond donors (Lipinski definition) is 0. The number of ether oxygens (including phenoxy) is 2. The van der Waals surface area contributed by atoms with E-state index in [-0.39, 0.29) is 18.1 Å². The largest absolute Gasteiger partial charge is 0.497 e. The summed E-state index contributed by atoms with van der Waals surface area (Å²) >= 11 is 0. The summed E-state index contributed by atoms with van der Waals surface area (Å²) in [6.07, 6.45) is 4.30. The van der Waals surface area contributed by atoms with Crippen LogP contribution in [-0.4, -0.2) is 37.2 Å². The summed E-state index contributed by atoms with van der Waals surface area (Å²) in [5.74, 6) is 1.01. The summed E-state index contributed by atoms with van der Waals surface area (Å²) in [5, 5.41) is 0. The zero-order chi connectivity index (χ0) is 13.9. The molecule has 0 saturated carbocycles. The van der Waals surface area contributed by atoms with Crippen molar-refractivity contribution in [2.24, 2.45) is 0 Å². The molecule has 4 heteroatoms. The van der Waals surface area contributed by atoms with Crippen LogP contribution >= 0.6 is 0 Å². The van der Waals surface area contributed by atoms with Crippen molar-refractivity contribution >= 4 is 5.91 Å². The van der Waals surface area contributed by atoms with Gasteiger partial charge in [0.05, 0.1) is 19.8 Å². The first-order valence-electron chi connectivity index (χ1n) is 7.35. The highest BCUT2D eigenvalue weighted by atomic mass is 16.6. The quantitative estimate of drug-likeness (QED) is 0.796. The van der Waals surface area contributed by atoms with Crippen LogP contribution in [0.3, 0.4) is 0 Å². The van der Waals surface area contributed by atoms with Crippen molar-refractivity contribution < 1.29 is 14.3 Å². The lowest BCUT2D eigenvalue weighted by atomic mass is 10.0. The van der Waals surface area contributed by atoms with Crippen LogP contribution < -0.4 is 4.74 Å². The highest BCUT2D eigenvalue weighted by molar-refractivity contribution is 5.83. The van der Waals surface area contributed by atoms with Gasteiger partial charge in [-0.3, -0.25) is 4.79 Å². The Balaban J connectivity index is 1.82. The SMILES string of the molecule is COc1ccc(C2CCCCCN2C(=O)C2CO2)cc1. The van der Waals surface area contributed by atoms with Gasteiger partial charge in [0.15, 0.2) is 6.10 Å². The number of carbonyl (C=O) groups is 1. The van der Waals surface area contributed by atoms with Gasteiger partial charge < -0.3 is 14.4 Å². The maximum absolute atomic E-state index is 12.4. The third kappa shape index (κ3) is 2.80. The van der Waals surface area contributed by atoms with E-state index < -0.39 is 0 Å². The van der Waals surface area contributed by atoms with Crippen molar-refractivity contribution in [3.05, 3.63) is 29.8 Å². The lowest BCUT2D eigenvalue weighted by Gasteiger charge is -2.30. The molecule has 3 rings (SSSR count). The summed E-state index contributed by atoms with van der Waals surface area (Å²) in [6, 6.07) is 8.26. The van der Waals surface area contributed by atoms with Gasteiger partial charge in [0.2, 0.25) is 0 Å². The fourth-order valence-corrected chi connectivity index (χ4v) is 2.92. The first kappa shape index (κ1) is 13.4. The topological polar surface area (TPSA) is 42.1 Å². The van der Waals surface area contributed by atoms with Crippen molar-refractivity contribution in [1.82, 2.24) is 4.90 Å². The zero-order valence-corrected chi connectivity index (χ0v) is 11.9. The van der Waals surface area contributed by atoms with Crippen LogP contribution in [0.25, 0.3) is 0 Å². The maximum Gasteiger partial charge on any atom is 0.254 e. The Bertz CT molecular complexity index is 467. The van der Waals surface area contributed by atoms with Gasteiger partial charge in [0.25, 0.3) is 5.91 Å². The van der Waals surface area contributed by atoms with Gasteiger partial charge in [0.1, 0.15) is 5.75 Å². The first-order chi connectivity index (χ1) is 9.79. The molecule has 0 radical (unpaired) electrons. The van der Waals surface area contributed by atoms with Gasteiger partial charge in [-0.05, 0) is 30.5 Å². The number of rotatable bonds is 3. The molecule has 0 bridgehead atoms. The number of benzene rings is 1. The lowest BCUT2D eigenvalue weighted by molar-refractivity contribution is -0.135. The monoisotopic (exact) mass is 275 g/mol. The summed E-state index contributed by atoms with van der Waals surface area (Å²) in [7, 11) is 1.67. The number of nitrogens with zero attached hydrogens (tertiary/aromatic N) is 1. The molecule has 0 aromatic heterocycles. The van der Waals surface area contributed by atoms with Crippen LogP contribution in [0.4, 0.5) is 0 Å². The Hall–Kier alpha value is -1.55. The van der Waals surface area contributed by atoms with Gasteiger partial charge >= 0.3 is 0 Å². The highest BCUT2D eigenvalue weighted by Gasteiger charge is 2.38. The summed E-state index contributed by atoms with van der Waals surface area (Å²) in [5.41, 5.74) is 1.20. The van der Waals surface area contributed by atoms with Crippen molar-refractivity contribution in [3.8, 4) is 5.75 Å². The third-order valence-corrected chi connectivity index (χ3v) is 4.15. The Kier molecular flexibility index (Phi) is 3.92. The second-order valence-electron chi connectivity index (χ2n) is 5.49. The highest BCUT2D eigenvalue weighted by Crippen LogP contribution is 2.32. The molecule has 0 aliphatic carbocycles. The van der Waals surface area contributed by atoms with E-state index in [4.69, 9.17) is 9.47 Å². The average molecular weight is 275 g/mol. The second kappa shape index (κ2) is 5.83. The Morgan fingerprint density at radius 3 is 2.65 bits per heavy atom. The number of methoxy groups -OCH3 is 1. The minimum atomic E-state index is -0.186. The molecule has 1 aromatic rings. The third-order valence-electron chi connectivity index (χ3n) is 4.15. The van der Waals surface area contributed by atoms with Crippen LogP contribution in [0.15, 0.2) is 24.3 Å². The van der Waals surface area contributed by atoms with Crippen molar-refractivity contribution in [2.75, 3.05) is 20.3 Å². The van der Waals surface area contributed by atoms with E-state index in [1.807, 2.05) is 17.0 Å². The molecular formula is C16H21NO3. The summed E-state index contributed by atoms with van der Waals surface area (Å²) < 4.78 is 10.4. The van der Waals surface area contributed by atoms with Crippen LogP contribution in [0, 0.1) is 0 Å². The molecule has 1 amide bonds. The first-order valence-corrected chi connectivity index (χ1v) is 7.35. The molecule has 2 fully saturated rings. The molecule has 2 aliphatic heterocycles. The van der Waals surface area contributed by atoms with E-state index in [0.29, 0.717) is 6.61 Å². The molecular weight excluding hydrogens is 254 g/mol. The summed E-state index contributed by atoms with van der Waals surface area (Å²) in [4.78, 5) is 14.4. The van der Waals surface area contributed by atoms with Crippen LogP contribution in [0.2, 0.25) is 0 Å². The van der Waals surface area contributed by atoms with Crippen LogP contribution in [0.5, 0.6) is 5.75 Å². The van der Waals surface area contributed by atoms with Crippen molar-refractivity contribution in [3.63, 3.8) is 0 Å². The number of epoxide rings is 1. The fraction of sp³-hybridized carbons (Fsp3) is 0.562. The van der Waals surface area contributed by atoms with Gasteiger partial charge in [-0.15, -0.1) is 0 Å². The molecule has 108 valence electrons. The molecule has 1 aromatic carbocycles. The molecule has 2 heterocycles. The van der Waals surface area contributed by atoms with E-state index >= 15 is 0 Å². The van der Waals surface area contributed by atoms with E-state index in [1.165, 1.54) is 18.4 Å². The molecule has 0 N–H and O–H groups in total. The normalized spacial score (nSPS) is 25.9. The predicted octanol–water partition coefficient (Wildman–Crippen LogP) is 2.54. The minimum Gasteiger partial charge on any atom is -0.497 e. The molecule has 2 atom stereocenters. The standard InChI is InChI=1S/C16H21NO3/c1-19-13-8-6-12(7-9-13)14-5-3-2-4-10-17(14)16(18)15-11-20-15/h6-9,14-15H,2-5,10-11H2,1H3. The molecule has 4 nitrogen and oxygen atoms in total. The van der Waals surface area contributed by atoms with E-state index in [2.05, 4.69) is 12.1 Å².